The molecule has 0 bridgehead atoms. The lowest BCUT2D eigenvalue weighted by Gasteiger charge is -2.54. The molecule has 2 aromatic carbocycles. The molecule has 0 saturated carbocycles. The molecule has 236 valence electrons. The summed E-state index contributed by atoms with van der Waals surface area (Å²) in [5, 5.41) is 3.66. The summed E-state index contributed by atoms with van der Waals surface area (Å²) in [6.45, 7) is 9.42. The van der Waals surface area contributed by atoms with Crippen molar-refractivity contribution in [2.45, 2.75) is 63.7 Å². The van der Waals surface area contributed by atoms with E-state index in [4.69, 9.17) is 14.5 Å². The quantitative estimate of drug-likeness (QED) is 0.300. The summed E-state index contributed by atoms with van der Waals surface area (Å²) in [6.07, 6.45) is -0.568. The smallest absolute Gasteiger partial charge is 0.421 e. The minimum absolute atomic E-state index is 0.134. The minimum Gasteiger partial charge on any atom is -0.496 e. The van der Waals surface area contributed by atoms with Gasteiger partial charge < -0.3 is 19.7 Å². The second-order valence-electron chi connectivity index (χ2n) is 12.4. The number of nitrogens with zero attached hydrogens (tertiary/aromatic N) is 3. The molecule has 2 fully saturated rings. The summed E-state index contributed by atoms with van der Waals surface area (Å²) in [5.74, 6) is 0.828. The van der Waals surface area contributed by atoms with Gasteiger partial charge in [-0.3, -0.25) is 9.88 Å². The van der Waals surface area contributed by atoms with Gasteiger partial charge in [0.25, 0.3) is 0 Å². The Kier molecular flexibility index (Phi) is 8.79. The van der Waals surface area contributed by atoms with Gasteiger partial charge in [0, 0.05) is 49.7 Å². The van der Waals surface area contributed by atoms with E-state index in [2.05, 4.69) is 35.3 Å². The Bertz CT molecular complexity index is 1460. The zero-order valence-corrected chi connectivity index (χ0v) is 25.9. The van der Waals surface area contributed by atoms with E-state index < -0.39 is 11.7 Å². The zero-order valence-electron chi connectivity index (χ0n) is 25.9. The zero-order chi connectivity index (χ0) is 30.9. The number of alkyl halides is 3. The summed E-state index contributed by atoms with van der Waals surface area (Å²) in [6, 6.07) is 17.5. The standard InChI is InChI=1S/C35H43F3N4O2/c1-4-24-20-42(30-12-8-14-32(43-3)33(30)35(36,37)38)19-17-34(24)23-41(21-25-10-9-18-39-25)22-29-27(34)15-16-28(40-29)26-11-6-7-13-31(26)44-5-2/h6-8,11-16,24-25,39H,4-5,9-10,17-23H2,1-3H3/t24?,25-,34?/m1/s1. The van der Waals surface area contributed by atoms with Crippen LogP contribution in [-0.2, 0) is 18.1 Å². The molecule has 3 aliphatic heterocycles. The third-order valence-electron chi connectivity index (χ3n) is 9.88. The van der Waals surface area contributed by atoms with Crippen LogP contribution in [0.2, 0.25) is 0 Å². The van der Waals surface area contributed by atoms with E-state index in [-0.39, 0.29) is 22.8 Å². The number of anilines is 1. The molecule has 3 aliphatic rings. The number of piperidine rings is 1. The molecule has 9 heteroatoms. The van der Waals surface area contributed by atoms with E-state index in [1.54, 1.807) is 12.1 Å². The first kappa shape index (κ1) is 30.7. The minimum atomic E-state index is -4.51. The van der Waals surface area contributed by atoms with Crippen molar-refractivity contribution in [2.75, 3.05) is 51.3 Å². The SMILES string of the molecule is CCOc1ccccc1-c1ccc2c(n1)CN(C[C@H]1CCCN1)CC21CCN(c2cccc(OC)c2C(F)(F)F)CC1CC. The first-order valence-corrected chi connectivity index (χ1v) is 15.9. The Morgan fingerprint density at radius 2 is 1.86 bits per heavy atom. The van der Waals surface area contributed by atoms with Crippen LogP contribution in [0.15, 0.2) is 54.6 Å². The van der Waals surface area contributed by atoms with Crippen LogP contribution in [0.5, 0.6) is 11.5 Å². The average Bonchev–Trinajstić information content (AvgIpc) is 3.53. The summed E-state index contributed by atoms with van der Waals surface area (Å²) < 4.78 is 54.1. The molecule has 3 aromatic rings. The number of halogens is 3. The third kappa shape index (κ3) is 5.76. The number of hydrogen-bond donors (Lipinski definition) is 1. The molecule has 0 amide bonds. The molecule has 6 rings (SSSR count). The highest BCUT2D eigenvalue weighted by Gasteiger charge is 2.49. The van der Waals surface area contributed by atoms with E-state index in [0.717, 1.165) is 68.1 Å². The lowest BCUT2D eigenvalue weighted by atomic mass is 9.62. The number of fused-ring (bicyclic) bond motifs is 2. The topological polar surface area (TPSA) is 49.9 Å². The Labute approximate surface area is 258 Å². The van der Waals surface area contributed by atoms with Gasteiger partial charge in [0.1, 0.15) is 17.1 Å². The fourth-order valence-electron chi connectivity index (χ4n) is 7.90. The van der Waals surface area contributed by atoms with Crippen LogP contribution >= 0.6 is 0 Å². The van der Waals surface area contributed by atoms with Crippen LogP contribution < -0.4 is 19.7 Å². The molecule has 6 nitrogen and oxygen atoms in total. The van der Waals surface area contributed by atoms with Crippen molar-refractivity contribution >= 4 is 5.69 Å². The van der Waals surface area contributed by atoms with Gasteiger partial charge in [-0.2, -0.15) is 13.2 Å². The number of ether oxygens (including phenoxy) is 2. The number of nitrogens with one attached hydrogen (secondary N) is 1. The van der Waals surface area contributed by atoms with Gasteiger partial charge in [0.05, 0.1) is 30.8 Å². The summed E-state index contributed by atoms with van der Waals surface area (Å²) in [7, 11) is 1.30. The van der Waals surface area contributed by atoms with Gasteiger partial charge in [0.2, 0.25) is 0 Å². The van der Waals surface area contributed by atoms with Crippen LogP contribution in [0.25, 0.3) is 11.3 Å². The Morgan fingerprint density at radius 1 is 1.05 bits per heavy atom. The molecule has 2 saturated heterocycles. The van der Waals surface area contributed by atoms with Crippen molar-refractivity contribution in [3.8, 4) is 22.8 Å². The van der Waals surface area contributed by atoms with E-state index >= 15 is 0 Å². The molecular formula is C35H43F3N4O2. The number of rotatable bonds is 8. The maximum Gasteiger partial charge on any atom is 0.421 e. The summed E-state index contributed by atoms with van der Waals surface area (Å²) in [5.41, 5.74) is 3.49. The summed E-state index contributed by atoms with van der Waals surface area (Å²) in [4.78, 5) is 9.77. The number of pyridine rings is 1. The molecule has 1 N–H and O–H groups in total. The molecule has 1 spiro atoms. The summed E-state index contributed by atoms with van der Waals surface area (Å²) >= 11 is 0. The van der Waals surface area contributed by atoms with E-state index in [1.165, 1.54) is 25.2 Å². The van der Waals surface area contributed by atoms with E-state index in [9.17, 15) is 13.2 Å². The van der Waals surface area contributed by atoms with E-state index in [1.807, 2.05) is 30.0 Å². The Balaban J connectivity index is 1.39. The van der Waals surface area contributed by atoms with Gasteiger partial charge >= 0.3 is 6.18 Å². The monoisotopic (exact) mass is 608 g/mol. The molecule has 4 heterocycles. The van der Waals surface area contributed by atoms with Crippen molar-refractivity contribution < 1.29 is 22.6 Å². The second kappa shape index (κ2) is 12.6. The number of benzene rings is 2. The van der Waals surface area contributed by atoms with Crippen molar-refractivity contribution in [2.24, 2.45) is 5.92 Å². The second-order valence-corrected chi connectivity index (χ2v) is 12.4. The lowest BCUT2D eigenvalue weighted by molar-refractivity contribution is -0.138. The van der Waals surface area contributed by atoms with Crippen LogP contribution in [-0.4, -0.2) is 62.4 Å². The molecule has 44 heavy (non-hydrogen) atoms. The number of aromatic nitrogens is 1. The van der Waals surface area contributed by atoms with Gasteiger partial charge in [-0.1, -0.05) is 37.6 Å². The first-order chi connectivity index (χ1) is 21.3. The van der Waals surface area contributed by atoms with E-state index in [0.29, 0.717) is 25.7 Å². The predicted octanol–water partition coefficient (Wildman–Crippen LogP) is 6.92. The van der Waals surface area contributed by atoms with Gasteiger partial charge in [0.15, 0.2) is 0 Å². The van der Waals surface area contributed by atoms with Crippen molar-refractivity contribution in [1.82, 2.24) is 15.2 Å². The number of hydrogen-bond acceptors (Lipinski definition) is 6. The molecule has 0 aliphatic carbocycles. The van der Waals surface area contributed by atoms with Crippen molar-refractivity contribution in [1.29, 1.82) is 0 Å². The number of para-hydroxylation sites is 1. The van der Waals surface area contributed by atoms with Gasteiger partial charge in [-0.05, 0) is 74.5 Å². The predicted molar refractivity (Wildman–Crippen MR) is 167 cm³/mol. The van der Waals surface area contributed by atoms with Crippen molar-refractivity contribution in [3.63, 3.8) is 0 Å². The third-order valence-corrected chi connectivity index (χ3v) is 9.88. The maximum atomic E-state index is 14.3. The largest absolute Gasteiger partial charge is 0.496 e. The molecule has 3 atom stereocenters. The average molecular weight is 609 g/mol. The fourth-order valence-corrected chi connectivity index (χ4v) is 7.90. The molecular weight excluding hydrogens is 565 g/mol. The highest BCUT2D eigenvalue weighted by molar-refractivity contribution is 5.68. The Morgan fingerprint density at radius 3 is 2.59 bits per heavy atom. The highest BCUT2D eigenvalue weighted by atomic mass is 19.4. The number of methoxy groups -OCH3 is 1. The van der Waals surface area contributed by atoms with Gasteiger partial charge in [-0.15, -0.1) is 0 Å². The molecule has 1 aromatic heterocycles. The first-order valence-electron chi connectivity index (χ1n) is 15.9. The molecule has 2 unspecified atom stereocenters. The molecule has 0 radical (unpaired) electrons. The van der Waals surface area contributed by atoms with Crippen LogP contribution in [0, 0.1) is 5.92 Å². The van der Waals surface area contributed by atoms with Crippen LogP contribution in [0.4, 0.5) is 18.9 Å². The van der Waals surface area contributed by atoms with Gasteiger partial charge in [-0.25, -0.2) is 0 Å². The highest BCUT2D eigenvalue weighted by Crippen LogP contribution is 2.50. The van der Waals surface area contributed by atoms with Crippen molar-refractivity contribution in [3.05, 3.63) is 71.4 Å². The lowest BCUT2D eigenvalue weighted by Crippen LogP contribution is -2.58. The maximum absolute atomic E-state index is 14.3. The fraction of sp³-hybridized carbons (Fsp3) is 0.514. The van der Waals surface area contributed by atoms with Crippen LogP contribution in [0.3, 0.4) is 0 Å². The Hall–Kier alpha value is -3.30. The normalized spacial score (nSPS) is 24.0. The van der Waals surface area contributed by atoms with Crippen LogP contribution in [0.1, 0.15) is 56.4 Å².